The molecule has 0 spiro atoms. The third-order valence-corrected chi connectivity index (χ3v) is 7.52. The molecule has 0 saturated heterocycles. The third kappa shape index (κ3) is 9.09. The number of rotatable bonds is 14. The summed E-state index contributed by atoms with van der Waals surface area (Å²) in [6, 6.07) is 11.2. The number of carbonyl (C=O) groups excluding carboxylic acids is 2. The van der Waals surface area contributed by atoms with E-state index < -0.39 is 16.1 Å². The van der Waals surface area contributed by atoms with Crippen LogP contribution < -0.4 is 14.4 Å². The van der Waals surface area contributed by atoms with Gasteiger partial charge in [-0.2, -0.15) is 0 Å². The average Bonchev–Trinajstić information content (AvgIpc) is 2.85. The van der Waals surface area contributed by atoms with Gasteiger partial charge in [0.1, 0.15) is 11.8 Å². The summed E-state index contributed by atoms with van der Waals surface area (Å²) >= 11 is 12.2. The summed E-state index contributed by atoms with van der Waals surface area (Å²) in [6.07, 6.45) is 2.63. The molecule has 0 saturated carbocycles. The van der Waals surface area contributed by atoms with Crippen LogP contribution in [0.4, 0.5) is 5.69 Å². The lowest BCUT2D eigenvalue weighted by molar-refractivity contribution is -0.141. The molecule has 2 amide bonds. The van der Waals surface area contributed by atoms with E-state index in [0.717, 1.165) is 18.2 Å². The number of sulfonamides is 1. The number of anilines is 1. The molecule has 37 heavy (non-hydrogen) atoms. The molecule has 11 heteroatoms. The molecule has 1 N–H and O–H groups in total. The van der Waals surface area contributed by atoms with Gasteiger partial charge in [-0.3, -0.25) is 13.9 Å². The Bertz CT molecular complexity index is 1160. The summed E-state index contributed by atoms with van der Waals surface area (Å²) in [7, 11) is -2.16. The fraction of sp³-hybridized carbons (Fsp3) is 0.462. The van der Waals surface area contributed by atoms with E-state index in [0.29, 0.717) is 29.4 Å². The van der Waals surface area contributed by atoms with Gasteiger partial charge < -0.3 is 15.0 Å². The largest absolute Gasteiger partial charge is 0.495 e. The molecule has 0 radical (unpaired) electrons. The molecule has 2 aromatic rings. The van der Waals surface area contributed by atoms with Crippen molar-refractivity contribution in [3.05, 3.63) is 58.1 Å². The van der Waals surface area contributed by atoms with Gasteiger partial charge in [0, 0.05) is 31.1 Å². The van der Waals surface area contributed by atoms with Crippen LogP contribution >= 0.6 is 23.2 Å². The molecule has 204 valence electrons. The Morgan fingerprint density at radius 1 is 1.08 bits per heavy atom. The molecular formula is C26H35Cl2N3O5S. The Balaban J connectivity index is 2.21. The van der Waals surface area contributed by atoms with Crippen LogP contribution in [0.1, 0.15) is 45.1 Å². The van der Waals surface area contributed by atoms with Crippen LogP contribution in [0.3, 0.4) is 0 Å². The zero-order chi connectivity index (χ0) is 27.6. The molecule has 0 aliphatic carbocycles. The van der Waals surface area contributed by atoms with Gasteiger partial charge in [-0.25, -0.2) is 8.42 Å². The fourth-order valence-corrected chi connectivity index (χ4v) is 5.22. The van der Waals surface area contributed by atoms with E-state index in [4.69, 9.17) is 27.9 Å². The first kappa shape index (κ1) is 30.7. The van der Waals surface area contributed by atoms with Gasteiger partial charge in [-0.15, -0.1) is 0 Å². The first-order valence-corrected chi connectivity index (χ1v) is 14.7. The molecule has 0 bridgehead atoms. The maximum absolute atomic E-state index is 13.4. The number of nitrogens with zero attached hydrogens (tertiary/aromatic N) is 2. The Morgan fingerprint density at radius 3 is 2.30 bits per heavy atom. The van der Waals surface area contributed by atoms with E-state index in [1.54, 1.807) is 29.2 Å². The van der Waals surface area contributed by atoms with Crippen LogP contribution in [0, 0.1) is 0 Å². The smallest absolute Gasteiger partial charge is 0.242 e. The van der Waals surface area contributed by atoms with Gasteiger partial charge in [0.2, 0.25) is 21.8 Å². The summed E-state index contributed by atoms with van der Waals surface area (Å²) in [5.74, 6) is -0.0224. The summed E-state index contributed by atoms with van der Waals surface area (Å²) in [4.78, 5) is 27.8. The predicted octanol–water partition coefficient (Wildman–Crippen LogP) is 4.88. The minimum atomic E-state index is -3.64. The van der Waals surface area contributed by atoms with E-state index in [2.05, 4.69) is 5.32 Å². The lowest BCUT2D eigenvalue weighted by Gasteiger charge is -2.31. The van der Waals surface area contributed by atoms with Crippen molar-refractivity contribution in [3.8, 4) is 5.75 Å². The number of amides is 2. The maximum Gasteiger partial charge on any atom is 0.242 e. The molecule has 0 fully saturated rings. The third-order valence-electron chi connectivity index (χ3n) is 5.78. The van der Waals surface area contributed by atoms with Crippen LogP contribution in [0.5, 0.6) is 5.75 Å². The van der Waals surface area contributed by atoms with E-state index in [9.17, 15) is 18.0 Å². The van der Waals surface area contributed by atoms with Crippen molar-refractivity contribution >= 4 is 50.7 Å². The molecule has 2 aromatic carbocycles. The predicted molar refractivity (Wildman–Crippen MR) is 149 cm³/mol. The number of ether oxygens (including phenoxy) is 1. The quantitative estimate of drug-likeness (QED) is 0.348. The molecule has 0 heterocycles. The zero-order valence-electron chi connectivity index (χ0n) is 21.7. The highest BCUT2D eigenvalue weighted by Crippen LogP contribution is 2.30. The van der Waals surface area contributed by atoms with E-state index in [1.807, 2.05) is 26.0 Å². The van der Waals surface area contributed by atoms with Gasteiger partial charge >= 0.3 is 0 Å². The number of hydrogen-bond acceptors (Lipinski definition) is 5. The van der Waals surface area contributed by atoms with E-state index in [-0.39, 0.29) is 42.8 Å². The molecule has 2 rings (SSSR count). The highest BCUT2D eigenvalue weighted by atomic mass is 35.5. The van der Waals surface area contributed by atoms with Gasteiger partial charge in [0.25, 0.3) is 0 Å². The number of hydrogen-bond donors (Lipinski definition) is 1. The first-order chi connectivity index (χ1) is 17.5. The topological polar surface area (TPSA) is 96.0 Å². The number of methoxy groups -OCH3 is 1. The Morgan fingerprint density at radius 2 is 1.76 bits per heavy atom. The lowest BCUT2D eigenvalue weighted by Crippen LogP contribution is -2.49. The highest BCUT2D eigenvalue weighted by molar-refractivity contribution is 7.92. The molecule has 1 unspecified atom stereocenters. The Hall–Kier alpha value is -2.49. The van der Waals surface area contributed by atoms with Crippen molar-refractivity contribution in [3.63, 3.8) is 0 Å². The van der Waals surface area contributed by atoms with Crippen molar-refractivity contribution in [1.29, 1.82) is 0 Å². The number of carbonyl (C=O) groups is 2. The monoisotopic (exact) mass is 571 g/mol. The highest BCUT2D eigenvalue weighted by Gasteiger charge is 2.28. The van der Waals surface area contributed by atoms with Gasteiger partial charge in [-0.1, -0.05) is 49.2 Å². The van der Waals surface area contributed by atoms with Crippen LogP contribution in [0.15, 0.2) is 42.5 Å². The maximum atomic E-state index is 13.4. The fourth-order valence-electron chi connectivity index (χ4n) is 3.89. The molecule has 0 aromatic heterocycles. The van der Waals surface area contributed by atoms with Crippen LogP contribution in [0.2, 0.25) is 10.0 Å². The summed E-state index contributed by atoms with van der Waals surface area (Å²) < 4.78 is 31.4. The summed E-state index contributed by atoms with van der Waals surface area (Å²) in [6.45, 7) is 4.64. The molecule has 1 atom stereocenters. The molecule has 8 nitrogen and oxygen atoms in total. The summed E-state index contributed by atoms with van der Waals surface area (Å²) in [5, 5.41) is 3.74. The SMILES string of the molecule is CCCNC(=O)C(CC)N(Cc1ccc(Cl)cc1)C(=O)CCCN(c1ccc(OC)c(Cl)c1)S(C)(=O)=O. The average molecular weight is 573 g/mol. The molecule has 0 aliphatic rings. The number of halogens is 2. The van der Waals surface area contributed by atoms with Crippen LogP contribution in [-0.2, 0) is 26.2 Å². The van der Waals surface area contributed by atoms with Crippen molar-refractivity contribution in [1.82, 2.24) is 10.2 Å². The van der Waals surface area contributed by atoms with Crippen molar-refractivity contribution in [2.45, 2.75) is 52.1 Å². The number of nitrogens with one attached hydrogen (secondary N) is 1. The van der Waals surface area contributed by atoms with Gasteiger partial charge in [0.05, 0.1) is 24.1 Å². The standard InChI is InChI=1S/C26H35Cl2N3O5S/c1-5-15-29-26(33)23(6-2)30(18-19-9-11-20(27)12-10-19)25(32)8-7-16-31(37(4,34)35)21-13-14-24(36-3)22(28)17-21/h9-14,17,23H,5-8,15-16,18H2,1-4H3,(H,29,33). The second kappa shape index (κ2) is 14.4. The normalized spacial score (nSPS) is 12.1. The van der Waals surface area contributed by atoms with Crippen molar-refractivity contribution in [2.24, 2.45) is 0 Å². The first-order valence-electron chi connectivity index (χ1n) is 12.1. The second-order valence-electron chi connectivity index (χ2n) is 8.62. The van der Waals surface area contributed by atoms with Crippen molar-refractivity contribution < 1.29 is 22.7 Å². The Kier molecular flexibility index (Phi) is 12.0. The van der Waals surface area contributed by atoms with E-state index in [1.165, 1.54) is 17.5 Å². The minimum Gasteiger partial charge on any atom is -0.495 e. The second-order valence-corrected chi connectivity index (χ2v) is 11.4. The number of benzene rings is 2. The van der Waals surface area contributed by atoms with E-state index >= 15 is 0 Å². The van der Waals surface area contributed by atoms with Gasteiger partial charge in [-0.05, 0) is 55.2 Å². The minimum absolute atomic E-state index is 0.0566. The van der Waals surface area contributed by atoms with Gasteiger partial charge in [0.15, 0.2) is 0 Å². The Labute approximate surface area is 229 Å². The lowest BCUT2D eigenvalue weighted by atomic mass is 10.1. The molecule has 0 aliphatic heterocycles. The van der Waals surface area contributed by atoms with Crippen molar-refractivity contribution in [2.75, 3.05) is 30.8 Å². The summed E-state index contributed by atoms with van der Waals surface area (Å²) in [5.41, 5.74) is 1.22. The van der Waals surface area contributed by atoms with Crippen LogP contribution in [-0.4, -0.2) is 57.6 Å². The van der Waals surface area contributed by atoms with Crippen LogP contribution in [0.25, 0.3) is 0 Å². The zero-order valence-corrected chi connectivity index (χ0v) is 24.0. The molecular weight excluding hydrogens is 537 g/mol.